The van der Waals surface area contributed by atoms with Crippen molar-refractivity contribution in [2.24, 2.45) is 10.9 Å². The van der Waals surface area contributed by atoms with E-state index in [2.05, 4.69) is 54.4 Å². The predicted molar refractivity (Wildman–Crippen MR) is 120 cm³/mol. The summed E-state index contributed by atoms with van der Waals surface area (Å²) in [5.41, 5.74) is 1.53. The fourth-order valence-corrected chi connectivity index (χ4v) is 4.18. The molecule has 1 aliphatic rings. The number of hydrogen-bond acceptors (Lipinski definition) is 2. The minimum atomic E-state index is 0.0691. The van der Waals surface area contributed by atoms with Gasteiger partial charge in [0.1, 0.15) is 0 Å². The first-order valence-electron chi connectivity index (χ1n) is 10.9. The van der Waals surface area contributed by atoms with E-state index < -0.39 is 0 Å². The normalized spacial score (nSPS) is 19.9. The molecule has 1 aliphatic heterocycles. The highest BCUT2D eigenvalue weighted by Crippen LogP contribution is 2.32. The lowest BCUT2D eigenvalue weighted by Crippen LogP contribution is -2.48. The van der Waals surface area contributed by atoms with Gasteiger partial charge >= 0.3 is 0 Å². The minimum absolute atomic E-state index is 0.0691. The van der Waals surface area contributed by atoms with E-state index in [0.29, 0.717) is 11.8 Å². The van der Waals surface area contributed by atoms with Crippen molar-refractivity contribution >= 4 is 5.96 Å². The Morgan fingerprint density at radius 1 is 1.14 bits per heavy atom. The van der Waals surface area contributed by atoms with Gasteiger partial charge in [0, 0.05) is 45.0 Å². The van der Waals surface area contributed by atoms with Crippen LogP contribution in [-0.4, -0.2) is 41.6 Å². The Hall–Kier alpha value is -2.56. The molecular formula is C24H34N4O. The van der Waals surface area contributed by atoms with Crippen LogP contribution in [0.5, 0.6) is 0 Å². The number of nitrogens with zero attached hydrogens (tertiary/aromatic N) is 3. The molecule has 156 valence electrons. The fourth-order valence-electron chi connectivity index (χ4n) is 4.18. The van der Waals surface area contributed by atoms with Crippen LogP contribution in [0.25, 0.3) is 0 Å². The number of benzene rings is 1. The summed E-state index contributed by atoms with van der Waals surface area (Å²) in [5.74, 6) is 2.25. The predicted octanol–water partition coefficient (Wildman–Crippen LogP) is 3.72. The molecule has 1 N–H and O–H groups in total. The Labute approximate surface area is 174 Å². The van der Waals surface area contributed by atoms with Gasteiger partial charge in [-0.2, -0.15) is 0 Å². The highest BCUT2D eigenvalue weighted by atomic mass is 16.1. The highest BCUT2D eigenvalue weighted by molar-refractivity contribution is 5.80. The number of rotatable bonds is 7. The Morgan fingerprint density at radius 3 is 2.66 bits per heavy atom. The van der Waals surface area contributed by atoms with E-state index in [0.717, 1.165) is 57.9 Å². The zero-order valence-corrected chi connectivity index (χ0v) is 17.8. The molecule has 0 spiro atoms. The van der Waals surface area contributed by atoms with Crippen LogP contribution in [0.2, 0.25) is 0 Å². The number of pyridine rings is 1. The number of guanidine groups is 1. The van der Waals surface area contributed by atoms with Crippen molar-refractivity contribution in [2.75, 3.05) is 26.2 Å². The molecule has 2 aromatic rings. The lowest BCUT2D eigenvalue weighted by Gasteiger charge is -2.39. The maximum Gasteiger partial charge on any atom is 0.250 e. The second-order valence-electron chi connectivity index (χ2n) is 7.90. The van der Waals surface area contributed by atoms with Gasteiger partial charge in [-0.3, -0.25) is 9.79 Å². The molecule has 1 aromatic carbocycles. The van der Waals surface area contributed by atoms with Crippen LogP contribution in [0, 0.1) is 5.92 Å². The second kappa shape index (κ2) is 10.8. The van der Waals surface area contributed by atoms with Crippen molar-refractivity contribution in [3.63, 3.8) is 0 Å². The Kier molecular flexibility index (Phi) is 7.91. The monoisotopic (exact) mass is 394 g/mol. The van der Waals surface area contributed by atoms with Crippen molar-refractivity contribution < 1.29 is 0 Å². The summed E-state index contributed by atoms with van der Waals surface area (Å²) in [7, 11) is 0. The molecule has 1 aromatic heterocycles. The molecule has 0 saturated carbocycles. The number of aromatic nitrogens is 1. The van der Waals surface area contributed by atoms with E-state index in [4.69, 9.17) is 4.99 Å². The smallest absolute Gasteiger partial charge is 0.250 e. The Bertz CT molecular complexity index is 830. The standard InChI is InChI=1S/C24H34N4O/c1-3-25-24(26-15-8-10-17-27-16-9-7-13-23(27)29)28-18-14-22(20(2)19-28)21-11-5-4-6-12-21/h4-7,9,11-13,16,20,22H,3,8,10,14-15,17-19H2,1-2H3,(H,25,26). The van der Waals surface area contributed by atoms with Gasteiger partial charge in [-0.25, -0.2) is 0 Å². The summed E-state index contributed by atoms with van der Waals surface area (Å²) in [6.07, 6.45) is 4.95. The average Bonchev–Trinajstić information content (AvgIpc) is 2.74. The van der Waals surface area contributed by atoms with E-state index in [1.807, 2.05) is 12.3 Å². The van der Waals surface area contributed by atoms with Crippen molar-refractivity contribution in [3.8, 4) is 0 Å². The number of likely N-dealkylation sites (tertiary alicyclic amines) is 1. The van der Waals surface area contributed by atoms with Gasteiger partial charge in [0.05, 0.1) is 0 Å². The number of piperidine rings is 1. The van der Waals surface area contributed by atoms with Gasteiger partial charge in [0.2, 0.25) is 5.56 Å². The van der Waals surface area contributed by atoms with Crippen LogP contribution in [0.3, 0.4) is 0 Å². The van der Waals surface area contributed by atoms with Crippen molar-refractivity contribution in [2.45, 2.75) is 45.6 Å². The maximum atomic E-state index is 11.8. The summed E-state index contributed by atoms with van der Waals surface area (Å²) in [4.78, 5) is 19.0. The lowest BCUT2D eigenvalue weighted by molar-refractivity contribution is 0.234. The fraction of sp³-hybridized carbons (Fsp3) is 0.500. The maximum absolute atomic E-state index is 11.8. The summed E-state index contributed by atoms with van der Waals surface area (Å²) in [5, 5.41) is 3.47. The molecule has 0 bridgehead atoms. The number of aliphatic imine (C=N–C) groups is 1. The molecule has 0 radical (unpaired) electrons. The molecule has 2 heterocycles. The third-order valence-electron chi connectivity index (χ3n) is 5.74. The lowest BCUT2D eigenvalue weighted by atomic mass is 9.82. The largest absolute Gasteiger partial charge is 0.357 e. The molecule has 1 saturated heterocycles. The quantitative estimate of drug-likeness (QED) is 0.442. The molecule has 2 atom stereocenters. The highest BCUT2D eigenvalue weighted by Gasteiger charge is 2.28. The van der Waals surface area contributed by atoms with Crippen LogP contribution in [0.15, 0.2) is 64.5 Å². The first-order chi connectivity index (χ1) is 14.2. The summed E-state index contributed by atoms with van der Waals surface area (Å²) in [6.45, 7) is 8.97. The molecule has 2 unspecified atom stereocenters. The van der Waals surface area contributed by atoms with Gasteiger partial charge in [-0.05, 0) is 49.7 Å². The molecule has 5 nitrogen and oxygen atoms in total. The molecule has 5 heteroatoms. The summed E-state index contributed by atoms with van der Waals surface area (Å²) < 4.78 is 1.77. The number of aryl methyl sites for hydroxylation is 1. The number of nitrogens with one attached hydrogen (secondary N) is 1. The minimum Gasteiger partial charge on any atom is -0.357 e. The topological polar surface area (TPSA) is 49.6 Å². The van der Waals surface area contributed by atoms with Gasteiger partial charge in [0.25, 0.3) is 0 Å². The van der Waals surface area contributed by atoms with Crippen LogP contribution >= 0.6 is 0 Å². The van der Waals surface area contributed by atoms with Crippen LogP contribution < -0.4 is 10.9 Å². The van der Waals surface area contributed by atoms with Gasteiger partial charge in [-0.15, -0.1) is 0 Å². The molecule has 0 amide bonds. The Balaban J connectivity index is 1.51. The van der Waals surface area contributed by atoms with E-state index in [-0.39, 0.29) is 5.56 Å². The molecule has 1 fully saturated rings. The first kappa shape index (κ1) is 21.2. The van der Waals surface area contributed by atoms with E-state index >= 15 is 0 Å². The van der Waals surface area contributed by atoms with E-state index in [9.17, 15) is 4.79 Å². The SMILES string of the molecule is CCNC(=NCCCCn1ccccc1=O)N1CCC(c2ccccc2)C(C)C1. The van der Waals surface area contributed by atoms with Crippen LogP contribution in [-0.2, 0) is 6.54 Å². The van der Waals surface area contributed by atoms with Crippen molar-refractivity contribution in [1.82, 2.24) is 14.8 Å². The van der Waals surface area contributed by atoms with E-state index in [1.165, 1.54) is 5.56 Å². The summed E-state index contributed by atoms with van der Waals surface area (Å²) in [6, 6.07) is 16.2. The van der Waals surface area contributed by atoms with Gasteiger partial charge < -0.3 is 14.8 Å². The van der Waals surface area contributed by atoms with Gasteiger partial charge in [-0.1, -0.05) is 43.3 Å². The van der Waals surface area contributed by atoms with Crippen molar-refractivity contribution in [1.29, 1.82) is 0 Å². The molecular weight excluding hydrogens is 360 g/mol. The number of hydrogen-bond donors (Lipinski definition) is 1. The van der Waals surface area contributed by atoms with Crippen LogP contribution in [0.1, 0.15) is 44.6 Å². The zero-order valence-electron chi connectivity index (χ0n) is 17.8. The molecule has 29 heavy (non-hydrogen) atoms. The van der Waals surface area contributed by atoms with Crippen LogP contribution in [0.4, 0.5) is 0 Å². The number of unbranched alkanes of at least 4 members (excludes halogenated alkanes) is 1. The first-order valence-corrected chi connectivity index (χ1v) is 10.9. The third kappa shape index (κ3) is 5.96. The molecule has 0 aliphatic carbocycles. The van der Waals surface area contributed by atoms with Crippen molar-refractivity contribution in [3.05, 3.63) is 70.6 Å². The second-order valence-corrected chi connectivity index (χ2v) is 7.90. The third-order valence-corrected chi connectivity index (χ3v) is 5.74. The average molecular weight is 395 g/mol. The summed E-state index contributed by atoms with van der Waals surface area (Å²) >= 11 is 0. The van der Waals surface area contributed by atoms with Gasteiger partial charge in [0.15, 0.2) is 5.96 Å². The Morgan fingerprint density at radius 2 is 1.93 bits per heavy atom. The zero-order chi connectivity index (χ0) is 20.5. The van der Waals surface area contributed by atoms with E-state index in [1.54, 1.807) is 16.7 Å². The molecule has 3 rings (SSSR count).